The SMILES string of the molecule is Cc1cc(NC(=O)C(Cc2ccc(C(=O)NCCS(=O)(=O)O)cc2)c2ccc(C3=CCC(C(C)(C)C)CC3)cc2)ccc1-c1ccc(Cl)cc1. The van der Waals surface area contributed by atoms with Crippen molar-refractivity contribution in [3.63, 3.8) is 0 Å². The Kier molecular flexibility index (Phi) is 11.7. The molecule has 50 heavy (non-hydrogen) atoms. The number of nitrogens with one attached hydrogen (secondary N) is 2. The van der Waals surface area contributed by atoms with Crippen LogP contribution in [0.5, 0.6) is 0 Å². The van der Waals surface area contributed by atoms with E-state index >= 15 is 0 Å². The van der Waals surface area contributed by atoms with E-state index in [0.717, 1.165) is 47.1 Å². The Labute approximate surface area is 300 Å². The number of benzene rings is 4. The van der Waals surface area contributed by atoms with Gasteiger partial charge < -0.3 is 10.6 Å². The molecule has 4 aromatic rings. The molecule has 0 radical (unpaired) electrons. The molecule has 2 atom stereocenters. The van der Waals surface area contributed by atoms with Crippen LogP contribution in [0, 0.1) is 18.3 Å². The van der Waals surface area contributed by atoms with Gasteiger partial charge in [0, 0.05) is 22.8 Å². The summed E-state index contributed by atoms with van der Waals surface area (Å²) in [4.78, 5) is 26.6. The van der Waals surface area contributed by atoms with Gasteiger partial charge in [0.2, 0.25) is 5.91 Å². The van der Waals surface area contributed by atoms with Gasteiger partial charge in [-0.3, -0.25) is 14.1 Å². The van der Waals surface area contributed by atoms with Crippen molar-refractivity contribution >= 4 is 44.8 Å². The molecule has 7 nitrogen and oxygen atoms in total. The number of hydrogen-bond donors (Lipinski definition) is 3. The number of carbonyl (C=O) groups is 2. The molecule has 2 unspecified atom stereocenters. The summed E-state index contributed by atoms with van der Waals surface area (Å²) in [5, 5.41) is 6.32. The summed E-state index contributed by atoms with van der Waals surface area (Å²) in [7, 11) is -4.18. The number of carbonyl (C=O) groups excluding carboxylic acids is 2. The largest absolute Gasteiger partial charge is 0.351 e. The van der Waals surface area contributed by atoms with Gasteiger partial charge in [-0.25, -0.2) is 0 Å². The molecule has 4 aromatic carbocycles. The molecule has 0 fully saturated rings. The normalized spacial score (nSPS) is 15.6. The first-order valence-corrected chi connectivity index (χ1v) is 18.9. The maximum absolute atomic E-state index is 14.0. The van der Waals surface area contributed by atoms with Crippen LogP contribution in [0.3, 0.4) is 0 Å². The Bertz CT molecular complexity index is 1960. The zero-order valence-electron chi connectivity index (χ0n) is 29.0. The average Bonchev–Trinajstić information content (AvgIpc) is 3.07. The van der Waals surface area contributed by atoms with Crippen molar-refractivity contribution in [3.8, 4) is 11.1 Å². The Hall–Kier alpha value is -4.24. The lowest BCUT2D eigenvalue weighted by atomic mass is 9.72. The molecule has 1 aliphatic rings. The minimum Gasteiger partial charge on any atom is -0.351 e. The number of aryl methyl sites for hydroxylation is 1. The second-order valence-corrected chi connectivity index (χ2v) is 16.2. The van der Waals surface area contributed by atoms with Crippen LogP contribution in [0.15, 0.2) is 97.1 Å². The van der Waals surface area contributed by atoms with E-state index in [1.165, 1.54) is 11.1 Å². The van der Waals surface area contributed by atoms with E-state index < -0.39 is 27.7 Å². The molecule has 0 saturated carbocycles. The summed E-state index contributed by atoms with van der Waals surface area (Å²) in [6, 6.07) is 28.8. The molecule has 0 spiro atoms. The monoisotopic (exact) mass is 712 g/mol. The zero-order valence-corrected chi connectivity index (χ0v) is 30.6. The smallest absolute Gasteiger partial charge is 0.266 e. The molecular formula is C41H45ClN2O5S. The third kappa shape index (κ3) is 9.93. The van der Waals surface area contributed by atoms with Crippen molar-refractivity contribution in [2.45, 2.75) is 59.3 Å². The highest BCUT2D eigenvalue weighted by atomic mass is 35.5. The summed E-state index contributed by atoms with van der Waals surface area (Å²) in [6.07, 6.45) is 6.03. The van der Waals surface area contributed by atoms with Crippen LogP contribution in [0.1, 0.15) is 78.6 Å². The van der Waals surface area contributed by atoms with Gasteiger partial charge in [-0.15, -0.1) is 0 Å². The van der Waals surface area contributed by atoms with E-state index in [1.54, 1.807) is 24.3 Å². The van der Waals surface area contributed by atoms with E-state index in [4.69, 9.17) is 16.2 Å². The average molecular weight is 713 g/mol. The fourth-order valence-electron chi connectivity index (χ4n) is 6.52. The minimum absolute atomic E-state index is 0.145. The third-order valence-corrected chi connectivity index (χ3v) is 10.6. The van der Waals surface area contributed by atoms with Crippen molar-refractivity contribution in [1.82, 2.24) is 5.32 Å². The quantitative estimate of drug-likeness (QED) is 0.134. The molecule has 0 heterocycles. The number of halogens is 1. The van der Waals surface area contributed by atoms with Crippen LogP contribution < -0.4 is 10.6 Å². The summed E-state index contributed by atoms with van der Waals surface area (Å²) in [5.74, 6) is -1.01. The fraction of sp³-hybridized carbons (Fsp3) is 0.317. The Morgan fingerprint density at radius 3 is 2.16 bits per heavy atom. The molecule has 262 valence electrons. The van der Waals surface area contributed by atoms with Crippen LogP contribution >= 0.6 is 11.6 Å². The zero-order chi connectivity index (χ0) is 36.1. The first kappa shape index (κ1) is 37.0. The molecule has 0 aliphatic heterocycles. The molecular weight excluding hydrogens is 668 g/mol. The molecule has 0 saturated heterocycles. The van der Waals surface area contributed by atoms with E-state index in [1.807, 2.05) is 61.5 Å². The first-order valence-electron chi connectivity index (χ1n) is 17.0. The summed E-state index contributed by atoms with van der Waals surface area (Å²) >= 11 is 6.09. The van der Waals surface area contributed by atoms with Crippen molar-refractivity contribution in [3.05, 3.63) is 130 Å². The summed E-state index contributed by atoms with van der Waals surface area (Å²) in [5.41, 5.74) is 8.72. The van der Waals surface area contributed by atoms with Gasteiger partial charge in [0.05, 0.1) is 11.7 Å². The van der Waals surface area contributed by atoms with E-state index in [-0.39, 0.29) is 17.9 Å². The Morgan fingerprint density at radius 1 is 0.920 bits per heavy atom. The van der Waals surface area contributed by atoms with Gasteiger partial charge in [-0.2, -0.15) is 8.42 Å². The van der Waals surface area contributed by atoms with Gasteiger partial charge in [-0.05, 0) is 119 Å². The second-order valence-electron chi connectivity index (χ2n) is 14.2. The minimum atomic E-state index is -4.18. The lowest BCUT2D eigenvalue weighted by Crippen LogP contribution is -2.28. The fourth-order valence-corrected chi connectivity index (χ4v) is 7.01. The van der Waals surface area contributed by atoms with E-state index in [9.17, 15) is 18.0 Å². The highest BCUT2D eigenvalue weighted by Gasteiger charge is 2.27. The topological polar surface area (TPSA) is 113 Å². The molecule has 5 rings (SSSR count). The van der Waals surface area contributed by atoms with Gasteiger partial charge in [-0.1, -0.05) is 93.0 Å². The molecule has 1 aliphatic carbocycles. The van der Waals surface area contributed by atoms with E-state index in [0.29, 0.717) is 28.6 Å². The molecule has 0 bridgehead atoms. The van der Waals surface area contributed by atoms with Crippen molar-refractivity contribution < 1.29 is 22.6 Å². The highest BCUT2D eigenvalue weighted by Crippen LogP contribution is 2.40. The summed E-state index contributed by atoms with van der Waals surface area (Å²) < 4.78 is 30.9. The van der Waals surface area contributed by atoms with Crippen molar-refractivity contribution in [2.75, 3.05) is 17.6 Å². The number of anilines is 1. The Balaban J connectivity index is 1.36. The standard InChI is InChI=1S/C41H45ClN2O5S/c1-27-25-36(21-22-37(27)31-15-19-35(42)20-16-31)44-40(46)38(26-28-5-7-33(8-6-28)39(45)43-23-24-50(47,48)49)32-11-9-29(10-12-32)30-13-17-34(18-14-30)41(2,3)4/h5-13,15-16,19-22,25,34,38H,14,17-18,23-24,26H2,1-4H3,(H,43,45)(H,44,46)(H,47,48,49). The third-order valence-electron chi connectivity index (χ3n) is 9.59. The predicted octanol–water partition coefficient (Wildman–Crippen LogP) is 9.13. The number of allylic oxidation sites excluding steroid dienone is 2. The van der Waals surface area contributed by atoms with E-state index in [2.05, 4.69) is 49.6 Å². The maximum atomic E-state index is 14.0. The van der Waals surface area contributed by atoms with Crippen molar-refractivity contribution in [2.24, 2.45) is 11.3 Å². The van der Waals surface area contributed by atoms with Crippen LogP contribution in [0.25, 0.3) is 16.7 Å². The molecule has 9 heteroatoms. The highest BCUT2D eigenvalue weighted by molar-refractivity contribution is 7.85. The van der Waals surface area contributed by atoms with Crippen LogP contribution in [-0.4, -0.2) is 37.1 Å². The van der Waals surface area contributed by atoms with Gasteiger partial charge in [0.15, 0.2) is 0 Å². The molecule has 3 N–H and O–H groups in total. The Morgan fingerprint density at radius 2 is 1.58 bits per heavy atom. The van der Waals surface area contributed by atoms with Gasteiger partial charge in [0.1, 0.15) is 0 Å². The molecule has 0 aromatic heterocycles. The molecule has 2 amide bonds. The van der Waals surface area contributed by atoms with Crippen molar-refractivity contribution in [1.29, 1.82) is 0 Å². The number of hydrogen-bond acceptors (Lipinski definition) is 4. The van der Waals surface area contributed by atoms with Gasteiger partial charge >= 0.3 is 0 Å². The number of rotatable bonds is 11. The number of amides is 2. The lowest BCUT2D eigenvalue weighted by molar-refractivity contribution is -0.117. The maximum Gasteiger partial charge on any atom is 0.266 e. The van der Waals surface area contributed by atoms with Crippen LogP contribution in [0.2, 0.25) is 5.02 Å². The predicted molar refractivity (Wildman–Crippen MR) is 203 cm³/mol. The lowest BCUT2D eigenvalue weighted by Gasteiger charge is -2.33. The van der Waals surface area contributed by atoms with Gasteiger partial charge in [0.25, 0.3) is 16.0 Å². The second kappa shape index (κ2) is 15.8. The first-order chi connectivity index (χ1) is 23.7. The van der Waals surface area contributed by atoms with Crippen LogP contribution in [-0.2, 0) is 21.3 Å². The summed E-state index contributed by atoms with van der Waals surface area (Å²) in [6.45, 7) is 8.73. The van der Waals surface area contributed by atoms with Crippen LogP contribution in [0.4, 0.5) is 5.69 Å².